The van der Waals surface area contributed by atoms with Crippen LogP contribution >= 0.6 is 0 Å². The number of aromatic nitrogens is 2. The van der Waals surface area contributed by atoms with Crippen LogP contribution in [0.15, 0.2) is 47.3 Å². The molecule has 4 rings (SSSR count). The highest BCUT2D eigenvalue weighted by Crippen LogP contribution is 2.26. The monoisotopic (exact) mass is 291 g/mol. The van der Waals surface area contributed by atoms with Gasteiger partial charge in [-0.1, -0.05) is 12.1 Å². The maximum Gasteiger partial charge on any atom is 0.266 e. The van der Waals surface area contributed by atoms with Gasteiger partial charge in [-0.25, -0.2) is 4.98 Å². The molecular weight excluding hydrogens is 278 g/mol. The highest BCUT2D eigenvalue weighted by atomic mass is 16.1. The third-order valence-corrected chi connectivity index (χ3v) is 3.96. The molecule has 3 aromatic rings. The fourth-order valence-electron chi connectivity index (χ4n) is 2.81. The topological polar surface area (TPSA) is 55.2 Å². The second-order valence-corrected chi connectivity index (χ2v) is 5.52. The minimum absolute atomic E-state index is 0.189. The molecule has 1 aliphatic rings. The fraction of sp³-hybridized carbons (Fsp3) is 0.118. The molecule has 0 saturated carbocycles. The van der Waals surface area contributed by atoms with Crippen LogP contribution in [0.5, 0.6) is 0 Å². The summed E-state index contributed by atoms with van der Waals surface area (Å²) in [6.07, 6.45) is 0. The molecule has 0 spiro atoms. The van der Waals surface area contributed by atoms with Crippen LogP contribution in [0.1, 0.15) is 16.2 Å². The molecule has 5 nitrogen and oxygen atoms in total. The fourth-order valence-corrected chi connectivity index (χ4v) is 2.81. The number of nitrogens with zero attached hydrogens (tertiary/aromatic N) is 3. The van der Waals surface area contributed by atoms with E-state index < -0.39 is 0 Å². The smallest absolute Gasteiger partial charge is 0.266 e. The van der Waals surface area contributed by atoms with Crippen LogP contribution in [0.4, 0.5) is 5.69 Å². The van der Waals surface area contributed by atoms with Crippen LogP contribution in [-0.2, 0) is 0 Å². The zero-order valence-electron chi connectivity index (χ0n) is 12.2. The Hall–Kier alpha value is -2.95. The summed E-state index contributed by atoms with van der Waals surface area (Å²) in [4.78, 5) is 31.6. The maximum absolute atomic E-state index is 12.8. The zero-order valence-corrected chi connectivity index (χ0v) is 12.2. The van der Waals surface area contributed by atoms with Crippen molar-refractivity contribution >= 4 is 22.4 Å². The number of para-hydroxylation sites is 1. The van der Waals surface area contributed by atoms with Gasteiger partial charge in [0.25, 0.3) is 5.56 Å². The largest absolute Gasteiger partial charge is 0.378 e. The van der Waals surface area contributed by atoms with Gasteiger partial charge in [0, 0.05) is 19.8 Å². The SMILES string of the molecule is CN(C)c1ccc2c(=O)n3c(nc2c1)C(=O)c1ccccc1-3. The summed E-state index contributed by atoms with van der Waals surface area (Å²) in [6.45, 7) is 0. The van der Waals surface area contributed by atoms with Crippen molar-refractivity contribution in [2.45, 2.75) is 0 Å². The Bertz CT molecular complexity index is 1000. The quantitative estimate of drug-likeness (QED) is 0.538. The molecule has 0 fully saturated rings. The molecule has 1 aliphatic heterocycles. The Kier molecular flexibility index (Phi) is 2.48. The van der Waals surface area contributed by atoms with Crippen LogP contribution in [0.2, 0.25) is 0 Å². The summed E-state index contributed by atoms with van der Waals surface area (Å²) in [5, 5.41) is 0.513. The minimum Gasteiger partial charge on any atom is -0.378 e. The minimum atomic E-state index is -0.205. The Labute approximate surface area is 126 Å². The first kappa shape index (κ1) is 12.8. The summed E-state index contributed by atoms with van der Waals surface area (Å²) in [5.41, 5.74) is 2.41. The molecule has 0 atom stereocenters. The Balaban J connectivity index is 2.10. The van der Waals surface area contributed by atoms with Crippen molar-refractivity contribution in [2.75, 3.05) is 19.0 Å². The first-order chi connectivity index (χ1) is 10.6. The van der Waals surface area contributed by atoms with Crippen molar-refractivity contribution in [3.8, 4) is 5.69 Å². The Morgan fingerprint density at radius 1 is 1.05 bits per heavy atom. The molecule has 0 radical (unpaired) electrons. The van der Waals surface area contributed by atoms with Crippen molar-refractivity contribution in [2.24, 2.45) is 0 Å². The molecule has 2 heterocycles. The van der Waals surface area contributed by atoms with Crippen LogP contribution in [0.3, 0.4) is 0 Å². The summed E-state index contributed by atoms with van der Waals surface area (Å²) in [5.74, 6) is -0.0144. The molecular formula is C17H13N3O2. The van der Waals surface area contributed by atoms with Gasteiger partial charge in [0.1, 0.15) is 0 Å². The number of ketones is 1. The van der Waals surface area contributed by atoms with Gasteiger partial charge in [-0.2, -0.15) is 0 Å². The number of anilines is 1. The number of carbonyl (C=O) groups is 1. The van der Waals surface area contributed by atoms with Gasteiger partial charge in [0.15, 0.2) is 5.82 Å². The molecule has 1 aromatic heterocycles. The molecule has 22 heavy (non-hydrogen) atoms. The van der Waals surface area contributed by atoms with E-state index in [-0.39, 0.29) is 17.2 Å². The van der Waals surface area contributed by atoms with Gasteiger partial charge in [-0.05, 0) is 30.3 Å². The summed E-state index contributed by atoms with van der Waals surface area (Å²) >= 11 is 0. The van der Waals surface area contributed by atoms with E-state index in [1.807, 2.05) is 37.2 Å². The van der Waals surface area contributed by atoms with Crippen LogP contribution < -0.4 is 10.5 Å². The van der Waals surface area contributed by atoms with Crippen LogP contribution in [0, 0.1) is 0 Å². The number of carbonyl (C=O) groups excluding carboxylic acids is 1. The van der Waals surface area contributed by atoms with Gasteiger partial charge in [0.05, 0.1) is 22.2 Å². The van der Waals surface area contributed by atoms with E-state index in [9.17, 15) is 9.59 Å². The average molecular weight is 291 g/mol. The van der Waals surface area contributed by atoms with Gasteiger partial charge >= 0.3 is 0 Å². The maximum atomic E-state index is 12.8. The summed E-state index contributed by atoms with van der Waals surface area (Å²) in [7, 11) is 3.84. The van der Waals surface area contributed by atoms with E-state index in [4.69, 9.17) is 0 Å². The van der Waals surface area contributed by atoms with Crippen molar-refractivity contribution in [1.29, 1.82) is 0 Å². The Morgan fingerprint density at radius 3 is 2.59 bits per heavy atom. The second-order valence-electron chi connectivity index (χ2n) is 5.52. The second kappa shape index (κ2) is 4.27. The zero-order chi connectivity index (χ0) is 15.4. The van der Waals surface area contributed by atoms with Crippen molar-refractivity contribution in [3.05, 3.63) is 64.2 Å². The first-order valence-electron chi connectivity index (χ1n) is 6.96. The van der Waals surface area contributed by atoms with Gasteiger partial charge in [-0.15, -0.1) is 0 Å². The van der Waals surface area contributed by atoms with Crippen molar-refractivity contribution in [3.63, 3.8) is 0 Å². The number of benzene rings is 2. The Morgan fingerprint density at radius 2 is 1.82 bits per heavy atom. The number of hydrogen-bond acceptors (Lipinski definition) is 4. The highest BCUT2D eigenvalue weighted by Gasteiger charge is 2.29. The molecule has 0 N–H and O–H groups in total. The lowest BCUT2D eigenvalue weighted by Crippen LogP contribution is -2.21. The van der Waals surface area contributed by atoms with E-state index in [2.05, 4.69) is 4.98 Å². The van der Waals surface area contributed by atoms with E-state index in [0.29, 0.717) is 22.2 Å². The lowest BCUT2D eigenvalue weighted by atomic mass is 10.1. The van der Waals surface area contributed by atoms with Gasteiger partial charge < -0.3 is 4.90 Å². The average Bonchev–Trinajstić information content (AvgIpc) is 2.81. The third-order valence-electron chi connectivity index (χ3n) is 3.96. The van der Waals surface area contributed by atoms with E-state index in [1.54, 1.807) is 24.3 Å². The molecule has 0 saturated heterocycles. The normalized spacial score (nSPS) is 12.4. The lowest BCUT2D eigenvalue weighted by Gasteiger charge is -2.13. The van der Waals surface area contributed by atoms with Crippen molar-refractivity contribution < 1.29 is 4.79 Å². The van der Waals surface area contributed by atoms with Gasteiger partial charge in [0.2, 0.25) is 5.78 Å². The highest BCUT2D eigenvalue weighted by molar-refractivity contribution is 6.13. The summed E-state index contributed by atoms with van der Waals surface area (Å²) < 4.78 is 1.41. The molecule has 0 aliphatic carbocycles. The molecule has 5 heteroatoms. The first-order valence-corrected chi connectivity index (χ1v) is 6.96. The molecule has 0 unspecified atom stereocenters. The lowest BCUT2D eigenvalue weighted by molar-refractivity contribution is 0.103. The van der Waals surface area contributed by atoms with Crippen LogP contribution in [-0.4, -0.2) is 29.4 Å². The van der Waals surface area contributed by atoms with E-state index >= 15 is 0 Å². The molecule has 108 valence electrons. The van der Waals surface area contributed by atoms with E-state index in [0.717, 1.165) is 5.69 Å². The van der Waals surface area contributed by atoms with Crippen molar-refractivity contribution in [1.82, 2.24) is 9.55 Å². The number of hydrogen-bond donors (Lipinski definition) is 0. The third kappa shape index (κ3) is 1.56. The molecule has 2 aromatic carbocycles. The van der Waals surface area contributed by atoms with E-state index in [1.165, 1.54) is 4.57 Å². The number of rotatable bonds is 1. The van der Waals surface area contributed by atoms with Gasteiger partial charge in [-0.3, -0.25) is 14.2 Å². The van der Waals surface area contributed by atoms with Crippen LogP contribution in [0.25, 0.3) is 16.6 Å². The summed E-state index contributed by atoms with van der Waals surface area (Å²) in [6, 6.07) is 12.6. The molecule has 0 bridgehead atoms. The molecule has 0 amide bonds. The predicted octanol–water partition coefficient (Wildman–Crippen LogP) is 2.00. The predicted molar refractivity (Wildman–Crippen MR) is 85.1 cm³/mol. The standard InChI is InChI=1S/C17H13N3O2/c1-19(2)10-7-8-11-13(9-10)18-16-15(21)12-5-3-4-6-14(12)20(16)17(11)22/h3-9H,1-2H3. The number of fused-ring (bicyclic) bond motifs is 4.